The molecule has 0 radical (unpaired) electrons. The van der Waals surface area contributed by atoms with Crippen molar-refractivity contribution < 1.29 is 19.0 Å². The van der Waals surface area contributed by atoms with Crippen LogP contribution >= 0.6 is 15.9 Å². The Morgan fingerprint density at radius 2 is 2.32 bits per heavy atom. The summed E-state index contributed by atoms with van der Waals surface area (Å²) in [6, 6.07) is 5.30. The van der Waals surface area contributed by atoms with Gasteiger partial charge in [0.25, 0.3) is 0 Å². The van der Waals surface area contributed by atoms with Gasteiger partial charge in [0.15, 0.2) is 0 Å². The molecule has 1 heterocycles. The van der Waals surface area contributed by atoms with Crippen LogP contribution in [0.15, 0.2) is 22.7 Å². The lowest BCUT2D eigenvalue weighted by atomic mass is 10.1. The number of carbonyl (C=O) groups excluding carboxylic acids is 1. The molecule has 0 aliphatic carbocycles. The standard InChI is InChI=1S/C14H17BrO4/c1-17-14(16)11-6-4-7-12(15)13(11)19-9-10-5-2-3-8-18-10/h4,6-7,10H,2-3,5,8-9H2,1H3. The lowest BCUT2D eigenvalue weighted by molar-refractivity contribution is -0.0115. The summed E-state index contributed by atoms with van der Waals surface area (Å²) < 4.78 is 16.9. The fourth-order valence-corrected chi connectivity index (χ4v) is 2.52. The number of esters is 1. The Kier molecular flexibility index (Phi) is 5.22. The van der Waals surface area contributed by atoms with E-state index < -0.39 is 5.97 Å². The molecule has 1 aliphatic rings. The second-order valence-electron chi connectivity index (χ2n) is 4.41. The number of para-hydroxylation sites is 1. The average Bonchev–Trinajstić information content (AvgIpc) is 2.46. The van der Waals surface area contributed by atoms with Crippen LogP contribution in [0.3, 0.4) is 0 Å². The third-order valence-electron chi connectivity index (χ3n) is 3.06. The largest absolute Gasteiger partial charge is 0.489 e. The molecular formula is C14H17BrO4. The Balaban J connectivity index is 2.07. The molecule has 1 atom stereocenters. The third kappa shape index (κ3) is 3.70. The van der Waals surface area contributed by atoms with Crippen molar-refractivity contribution in [3.8, 4) is 5.75 Å². The van der Waals surface area contributed by atoms with Crippen molar-refractivity contribution in [2.45, 2.75) is 25.4 Å². The molecule has 1 fully saturated rings. The molecule has 0 amide bonds. The molecule has 5 heteroatoms. The Morgan fingerprint density at radius 3 is 3.00 bits per heavy atom. The number of hydrogen-bond acceptors (Lipinski definition) is 4. The molecule has 1 aromatic carbocycles. The second-order valence-corrected chi connectivity index (χ2v) is 5.26. The minimum absolute atomic E-state index is 0.103. The molecule has 1 aliphatic heterocycles. The Morgan fingerprint density at radius 1 is 1.47 bits per heavy atom. The van der Waals surface area contributed by atoms with Crippen LogP contribution < -0.4 is 4.74 Å². The Labute approximate surface area is 121 Å². The fraction of sp³-hybridized carbons (Fsp3) is 0.500. The van der Waals surface area contributed by atoms with Gasteiger partial charge in [0.2, 0.25) is 0 Å². The van der Waals surface area contributed by atoms with Gasteiger partial charge in [-0.1, -0.05) is 6.07 Å². The van der Waals surface area contributed by atoms with Crippen LogP contribution in [0.1, 0.15) is 29.6 Å². The van der Waals surface area contributed by atoms with E-state index in [0.29, 0.717) is 17.9 Å². The van der Waals surface area contributed by atoms with E-state index in [1.54, 1.807) is 12.1 Å². The van der Waals surface area contributed by atoms with Gasteiger partial charge in [0.05, 0.1) is 17.7 Å². The summed E-state index contributed by atoms with van der Waals surface area (Å²) in [4.78, 5) is 11.7. The van der Waals surface area contributed by atoms with Gasteiger partial charge >= 0.3 is 5.97 Å². The first-order chi connectivity index (χ1) is 9.22. The summed E-state index contributed by atoms with van der Waals surface area (Å²) in [5.74, 6) is 0.115. The molecule has 1 unspecified atom stereocenters. The highest BCUT2D eigenvalue weighted by Crippen LogP contribution is 2.30. The number of ether oxygens (including phenoxy) is 3. The van der Waals surface area contributed by atoms with E-state index in [1.807, 2.05) is 6.07 Å². The van der Waals surface area contributed by atoms with E-state index in [2.05, 4.69) is 15.9 Å². The molecule has 0 bridgehead atoms. The van der Waals surface area contributed by atoms with Crippen LogP contribution in [0.4, 0.5) is 0 Å². The first-order valence-electron chi connectivity index (χ1n) is 6.33. The molecule has 0 spiro atoms. The van der Waals surface area contributed by atoms with E-state index in [9.17, 15) is 4.79 Å². The molecule has 2 rings (SSSR count). The van der Waals surface area contributed by atoms with Crippen molar-refractivity contribution in [2.24, 2.45) is 0 Å². The third-order valence-corrected chi connectivity index (χ3v) is 3.68. The van der Waals surface area contributed by atoms with Gasteiger partial charge in [-0.3, -0.25) is 0 Å². The molecule has 4 nitrogen and oxygen atoms in total. The number of benzene rings is 1. The van der Waals surface area contributed by atoms with Gasteiger partial charge in [0.1, 0.15) is 17.9 Å². The zero-order valence-electron chi connectivity index (χ0n) is 10.9. The van der Waals surface area contributed by atoms with Crippen molar-refractivity contribution in [3.63, 3.8) is 0 Å². The van der Waals surface area contributed by atoms with Gasteiger partial charge in [0, 0.05) is 6.61 Å². The summed E-state index contributed by atoms with van der Waals surface area (Å²) in [6.07, 6.45) is 3.37. The fourth-order valence-electron chi connectivity index (χ4n) is 2.04. The van der Waals surface area contributed by atoms with Gasteiger partial charge in [-0.15, -0.1) is 0 Å². The molecule has 0 N–H and O–H groups in total. The van der Waals surface area contributed by atoms with E-state index >= 15 is 0 Å². The quantitative estimate of drug-likeness (QED) is 0.796. The van der Waals surface area contributed by atoms with Crippen LogP contribution in [0.2, 0.25) is 0 Å². The predicted molar refractivity (Wildman–Crippen MR) is 74.6 cm³/mol. The topological polar surface area (TPSA) is 44.8 Å². The Bertz CT molecular complexity index is 441. The van der Waals surface area contributed by atoms with E-state index in [0.717, 1.165) is 30.3 Å². The van der Waals surface area contributed by atoms with Gasteiger partial charge in [-0.25, -0.2) is 4.79 Å². The highest BCUT2D eigenvalue weighted by Gasteiger charge is 2.19. The highest BCUT2D eigenvalue weighted by atomic mass is 79.9. The SMILES string of the molecule is COC(=O)c1cccc(Br)c1OCC1CCCCO1. The summed E-state index contributed by atoms with van der Waals surface area (Å²) in [5, 5.41) is 0. The van der Waals surface area contributed by atoms with E-state index in [1.165, 1.54) is 7.11 Å². The van der Waals surface area contributed by atoms with E-state index in [-0.39, 0.29) is 6.10 Å². The normalized spacial score (nSPS) is 18.9. The molecule has 0 aromatic heterocycles. The number of methoxy groups -OCH3 is 1. The van der Waals surface area contributed by atoms with Gasteiger partial charge < -0.3 is 14.2 Å². The predicted octanol–water partition coefficient (Wildman–Crippen LogP) is 3.18. The van der Waals surface area contributed by atoms with Crippen LogP contribution in [-0.2, 0) is 9.47 Å². The van der Waals surface area contributed by atoms with Crippen molar-refractivity contribution in [3.05, 3.63) is 28.2 Å². The average molecular weight is 329 g/mol. The lowest BCUT2D eigenvalue weighted by Crippen LogP contribution is -2.26. The number of hydrogen-bond donors (Lipinski definition) is 0. The maximum Gasteiger partial charge on any atom is 0.341 e. The Hall–Kier alpha value is -1.07. The van der Waals surface area contributed by atoms with Gasteiger partial charge in [-0.05, 0) is 47.3 Å². The van der Waals surface area contributed by atoms with Crippen LogP contribution in [0.25, 0.3) is 0 Å². The van der Waals surface area contributed by atoms with Gasteiger partial charge in [-0.2, -0.15) is 0 Å². The number of halogens is 1. The van der Waals surface area contributed by atoms with Crippen molar-refractivity contribution in [2.75, 3.05) is 20.3 Å². The van der Waals surface area contributed by atoms with Crippen molar-refractivity contribution in [1.82, 2.24) is 0 Å². The minimum Gasteiger partial charge on any atom is -0.489 e. The molecule has 19 heavy (non-hydrogen) atoms. The highest BCUT2D eigenvalue weighted by molar-refractivity contribution is 9.10. The van der Waals surface area contributed by atoms with Crippen molar-refractivity contribution in [1.29, 1.82) is 0 Å². The molecule has 104 valence electrons. The summed E-state index contributed by atoms with van der Waals surface area (Å²) in [6.45, 7) is 1.24. The lowest BCUT2D eigenvalue weighted by Gasteiger charge is -2.23. The molecular weight excluding hydrogens is 312 g/mol. The molecule has 1 saturated heterocycles. The van der Waals surface area contributed by atoms with E-state index in [4.69, 9.17) is 14.2 Å². The van der Waals surface area contributed by atoms with Crippen LogP contribution in [0.5, 0.6) is 5.75 Å². The van der Waals surface area contributed by atoms with Crippen LogP contribution in [0, 0.1) is 0 Å². The van der Waals surface area contributed by atoms with Crippen LogP contribution in [-0.4, -0.2) is 32.4 Å². The maximum absolute atomic E-state index is 11.7. The number of carbonyl (C=O) groups is 1. The first kappa shape index (κ1) is 14.3. The number of rotatable bonds is 4. The monoisotopic (exact) mass is 328 g/mol. The zero-order chi connectivity index (χ0) is 13.7. The second kappa shape index (κ2) is 6.91. The smallest absolute Gasteiger partial charge is 0.341 e. The maximum atomic E-state index is 11.7. The molecule has 0 saturated carbocycles. The van der Waals surface area contributed by atoms with Crippen molar-refractivity contribution >= 4 is 21.9 Å². The zero-order valence-corrected chi connectivity index (χ0v) is 12.4. The summed E-state index contributed by atoms with van der Waals surface area (Å²) >= 11 is 3.40. The first-order valence-corrected chi connectivity index (χ1v) is 7.13. The summed E-state index contributed by atoms with van der Waals surface area (Å²) in [5.41, 5.74) is 0.424. The molecule has 1 aromatic rings. The summed E-state index contributed by atoms with van der Waals surface area (Å²) in [7, 11) is 1.36. The minimum atomic E-state index is -0.402.